The van der Waals surface area contributed by atoms with Crippen molar-refractivity contribution < 1.29 is 9.53 Å². The van der Waals surface area contributed by atoms with Crippen molar-refractivity contribution in [2.45, 2.75) is 26.0 Å². The first-order valence-corrected chi connectivity index (χ1v) is 4.77. The molecule has 0 spiro atoms. The van der Waals surface area contributed by atoms with Crippen molar-refractivity contribution in [3.63, 3.8) is 0 Å². The van der Waals surface area contributed by atoms with Gasteiger partial charge in [0.1, 0.15) is 5.60 Å². The Hall–Kier alpha value is -1.36. The fourth-order valence-corrected chi connectivity index (χ4v) is 1.03. The number of hydrogen-bond acceptors (Lipinski definition) is 3. The summed E-state index contributed by atoms with van der Waals surface area (Å²) in [7, 11) is 3.35. The fraction of sp³-hybridized carbons (Fsp3) is 0.600. The van der Waals surface area contributed by atoms with Gasteiger partial charge in [-0.25, -0.2) is 0 Å². The Bertz CT molecular complexity index is 344. The molecule has 0 fully saturated rings. The molecule has 0 aromatic carbocycles. The van der Waals surface area contributed by atoms with Crippen LogP contribution in [0.25, 0.3) is 0 Å². The van der Waals surface area contributed by atoms with Gasteiger partial charge in [0.05, 0.1) is 12.2 Å². The molecule has 0 aliphatic heterocycles. The van der Waals surface area contributed by atoms with Crippen molar-refractivity contribution in [2.24, 2.45) is 7.05 Å². The second-order valence-electron chi connectivity index (χ2n) is 3.88. The lowest BCUT2D eigenvalue weighted by Gasteiger charge is -2.21. The fourth-order valence-electron chi connectivity index (χ4n) is 1.03. The Morgan fingerprint density at radius 3 is 2.80 bits per heavy atom. The van der Waals surface area contributed by atoms with Gasteiger partial charge in [-0.2, -0.15) is 5.10 Å². The first-order valence-electron chi connectivity index (χ1n) is 4.77. The van der Waals surface area contributed by atoms with Crippen LogP contribution in [0.2, 0.25) is 0 Å². The molecule has 5 nitrogen and oxygen atoms in total. The first-order chi connectivity index (χ1) is 6.95. The zero-order valence-electron chi connectivity index (χ0n) is 9.57. The number of carbonyl (C=O) groups excluding carboxylic acids is 1. The SMILES string of the molecule is COC(C)(C)C(=O)NCc1ccn(C)n1. The minimum atomic E-state index is -0.797. The number of hydrogen-bond donors (Lipinski definition) is 1. The first kappa shape index (κ1) is 11.7. The summed E-state index contributed by atoms with van der Waals surface area (Å²) in [6.45, 7) is 3.87. The number of rotatable bonds is 4. The second-order valence-corrected chi connectivity index (χ2v) is 3.88. The van der Waals surface area contributed by atoms with E-state index >= 15 is 0 Å². The number of aromatic nitrogens is 2. The molecule has 0 saturated heterocycles. The summed E-state index contributed by atoms with van der Waals surface area (Å²) in [5, 5.41) is 6.92. The van der Waals surface area contributed by atoms with Gasteiger partial charge in [0.25, 0.3) is 5.91 Å². The van der Waals surface area contributed by atoms with Crippen molar-refractivity contribution in [1.29, 1.82) is 0 Å². The van der Waals surface area contributed by atoms with Gasteiger partial charge in [-0.05, 0) is 19.9 Å². The number of methoxy groups -OCH3 is 1. The van der Waals surface area contributed by atoms with E-state index in [1.807, 2.05) is 19.3 Å². The van der Waals surface area contributed by atoms with Crippen molar-refractivity contribution in [3.05, 3.63) is 18.0 Å². The van der Waals surface area contributed by atoms with Gasteiger partial charge in [-0.15, -0.1) is 0 Å². The molecule has 0 aliphatic carbocycles. The smallest absolute Gasteiger partial charge is 0.251 e. The van der Waals surface area contributed by atoms with Crippen LogP contribution in [0.5, 0.6) is 0 Å². The molecule has 0 radical (unpaired) electrons. The maximum Gasteiger partial charge on any atom is 0.251 e. The number of ether oxygens (including phenoxy) is 1. The van der Waals surface area contributed by atoms with Gasteiger partial charge in [-0.3, -0.25) is 9.48 Å². The summed E-state index contributed by atoms with van der Waals surface area (Å²) in [4.78, 5) is 11.6. The molecule has 1 amide bonds. The molecule has 5 heteroatoms. The van der Waals surface area contributed by atoms with Crippen LogP contribution in [0, 0.1) is 0 Å². The Balaban J connectivity index is 2.47. The molecule has 84 valence electrons. The predicted molar refractivity (Wildman–Crippen MR) is 56.1 cm³/mol. The van der Waals surface area contributed by atoms with Crippen LogP contribution in [0.4, 0.5) is 0 Å². The molecule has 0 aliphatic rings. The standard InChI is InChI=1S/C10H17N3O2/c1-10(2,15-4)9(14)11-7-8-5-6-13(3)12-8/h5-6H,7H2,1-4H3,(H,11,14). The third-order valence-corrected chi connectivity index (χ3v) is 2.26. The van der Waals surface area contributed by atoms with Gasteiger partial charge in [0.15, 0.2) is 0 Å². The van der Waals surface area contributed by atoms with E-state index in [-0.39, 0.29) is 5.91 Å². The van der Waals surface area contributed by atoms with E-state index in [1.165, 1.54) is 7.11 Å². The minimum Gasteiger partial charge on any atom is -0.369 e. The highest BCUT2D eigenvalue weighted by Crippen LogP contribution is 2.07. The van der Waals surface area contributed by atoms with Crippen LogP contribution < -0.4 is 5.32 Å². The molecule has 1 rings (SSSR count). The maximum absolute atomic E-state index is 11.6. The van der Waals surface area contributed by atoms with Gasteiger partial charge < -0.3 is 10.1 Å². The van der Waals surface area contributed by atoms with Gasteiger partial charge >= 0.3 is 0 Å². The number of nitrogens with zero attached hydrogens (tertiary/aromatic N) is 2. The Morgan fingerprint density at radius 1 is 1.67 bits per heavy atom. The highest BCUT2D eigenvalue weighted by molar-refractivity contribution is 5.84. The topological polar surface area (TPSA) is 56.1 Å². The lowest BCUT2D eigenvalue weighted by Crippen LogP contribution is -2.43. The lowest BCUT2D eigenvalue weighted by atomic mass is 10.1. The van der Waals surface area contributed by atoms with Crippen molar-refractivity contribution in [2.75, 3.05) is 7.11 Å². The molecule has 0 saturated carbocycles. The Kier molecular flexibility index (Phi) is 3.47. The monoisotopic (exact) mass is 211 g/mol. The molecule has 1 aromatic heterocycles. The van der Waals surface area contributed by atoms with E-state index in [1.54, 1.807) is 18.5 Å². The summed E-state index contributed by atoms with van der Waals surface area (Å²) in [6, 6.07) is 1.86. The molecule has 0 atom stereocenters. The van der Waals surface area contributed by atoms with E-state index in [9.17, 15) is 4.79 Å². The largest absolute Gasteiger partial charge is 0.369 e. The van der Waals surface area contributed by atoms with E-state index in [2.05, 4.69) is 10.4 Å². The molecule has 1 N–H and O–H groups in total. The van der Waals surface area contributed by atoms with E-state index in [4.69, 9.17) is 4.74 Å². The van der Waals surface area contributed by atoms with Crippen LogP contribution >= 0.6 is 0 Å². The van der Waals surface area contributed by atoms with Crippen LogP contribution in [-0.2, 0) is 23.1 Å². The predicted octanol–water partition coefficient (Wildman–Crippen LogP) is 0.461. The normalized spacial score (nSPS) is 11.5. The lowest BCUT2D eigenvalue weighted by molar-refractivity contribution is -0.139. The van der Waals surface area contributed by atoms with E-state index < -0.39 is 5.60 Å². The van der Waals surface area contributed by atoms with Gasteiger partial charge in [0.2, 0.25) is 0 Å². The minimum absolute atomic E-state index is 0.143. The average Bonchev–Trinajstić information content (AvgIpc) is 2.60. The Labute approximate surface area is 89.4 Å². The zero-order valence-corrected chi connectivity index (χ0v) is 9.57. The zero-order chi connectivity index (χ0) is 11.5. The third kappa shape index (κ3) is 3.06. The molecule has 15 heavy (non-hydrogen) atoms. The quantitative estimate of drug-likeness (QED) is 0.787. The van der Waals surface area contributed by atoms with Crippen LogP contribution in [0.15, 0.2) is 12.3 Å². The van der Waals surface area contributed by atoms with E-state index in [0.29, 0.717) is 6.54 Å². The summed E-state index contributed by atoms with van der Waals surface area (Å²) in [5.74, 6) is -0.143. The van der Waals surface area contributed by atoms with Crippen molar-refractivity contribution in [3.8, 4) is 0 Å². The molecule has 0 unspecified atom stereocenters. The number of carbonyl (C=O) groups is 1. The third-order valence-electron chi connectivity index (χ3n) is 2.26. The van der Waals surface area contributed by atoms with Crippen LogP contribution in [0.3, 0.4) is 0 Å². The van der Waals surface area contributed by atoms with Crippen LogP contribution in [0.1, 0.15) is 19.5 Å². The molecule has 1 aromatic rings. The number of amides is 1. The van der Waals surface area contributed by atoms with Crippen molar-refractivity contribution in [1.82, 2.24) is 15.1 Å². The summed E-state index contributed by atoms with van der Waals surface area (Å²) < 4.78 is 6.75. The summed E-state index contributed by atoms with van der Waals surface area (Å²) >= 11 is 0. The highest BCUT2D eigenvalue weighted by atomic mass is 16.5. The van der Waals surface area contributed by atoms with Gasteiger partial charge in [0, 0.05) is 20.4 Å². The second kappa shape index (κ2) is 4.44. The number of nitrogens with one attached hydrogen (secondary N) is 1. The molecule has 0 bridgehead atoms. The van der Waals surface area contributed by atoms with E-state index in [0.717, 1.165) is 5.69 Å². The molecule has 1 heterocycles. The molecular weight excluding hydrogens is 194 g/mol. The van der Waals surface area contributed by atoms with Gasteiger partial charge in [-0.1, -0.05) is 0 Å². The van der Waals surface area contributed by atoms with Crippen molar-refractivity contribution >= 4 is 5.91 Å². The van der Waals surface area contributed by atoms with Crippen LogP contribution in [-0.4, -0.2) is 28.4 Å². The number of aryl methyl sites for hydroxylation is 1. The maximum atomic E-state index is 11.6. The summed E-state index contributed by atoms with van der Waals surface area (Å²) in [5.41, 5.74) is 0.0344. The summed E-state index contributed by atoms with van der Waals surface area (Å²) in [6.07, 6.45) is 1.84. The average molecular weight is 211 g/mol. The highest BCUT2D eigenvalue weighted by Gasteiger charge is 2.26. The molecular formula is C10H17N3O2. The Morgan fingerprint density at radius 2 is 2.33 bits per heavy atom.